The maximum absolute atomic E-state index is 3.54. The van der Waals surface area contributed by atoms with Crippen LogP contribution in [-0.4, -0.2) is 0 Å². The number of rotatable bonds is 1. The predicted octanol–water partition coefficient (Wildman–Crippen LogP) is 2.90. The van der Waals surface area contributed by atoms with Crippen LogP contribution in [-0.2, 0) is 327 Å². The molecular formula is C8H17Y10-5. The van der Waals surface area contributed by atoms with Gasteiger partial charge in [0.1, 0.15) is 0 Å². The van der Waals surface area contributed by atoms with Crippen LogP contribution in [0.5, 0.6) is 0 Å². The van der Waals surface area contributed by atoms with Crippen molar-refractivity contribution in [1.82, 2.24) is 0 Å². The van der Waals surface area contributed by atoms with E-state index in [0.29, 0.717) is 0 Å². The zero-order chi connectivity index (χ0) is 6.12. The van der Waals surface area contributed by atoms with Crippen LogP contribution in [0.15, 0.2) is 0 Å². The molecule has 0 aromatic heterocycles. The van der Waals surface area contributed by atoms with Gasteiger partial charge in [-0.2, -0.15) is 0 Å². The molecule has 84 valence electrons. The summed E-state index contributed by atoms with van der Waals surface area (Å²) in [6.45, 7) is 13.8. The first kappa shape index (κ1) is 88.7. The fourth-order valence-electron chi connectivity index (χ4n) is 0. The van der Waals surface area contributed by atoms with Gasteiger partial charge in [-0.1, -0.05) is 0 Å². The first-order valence-corrected chi connectivity index (χ1v) is 2.50. The molecule has 0 fully saturated rings. The number of hydrogen-bond donors (Lipinski definition) is 0. The molecule has 0 aliphatic heterocycles. The Morgan fingerprint density at radius 1 is 0.389 bits per heavy atom. The Labute approximate surface area is 369 Å². The van der Waals surface area contributed by atoms with Crippen LogP contribution in [0.25, 0.3) is 0 Å². The maximum atomic E-state index is 3.54. The standard InChI is InChI=1S/C4H8.C3H6.CH3.10Y/c1-3-4-2;1-3-2;;;;;;;;;;;/h1-4H2;1-3H2;1H3;;;;;;;;;;/q2*-2;-1;;;;;;;;;;. The van der Waals surface area contributed by atoms with E-state index in [2.05, 4.69) is 27.7 Å². The molecule has 0 amide bonds. The summed E-state index contributed by atoms with van der Waals surface area (Å²) < 4.78 is 0. The minimum absolute atomic E-state index is 0. The summed E-state index contributed by atoms with van der Waals surface area (Å²) in [5.74, 6) is 0. The molecule has 0 saturated carbocycles. The molecule has 10 heteroatoms. The second-order valence-electron chi connectivity index (χ2n) is 1.06. The summed E-state index contributed by atoms with van der Waals surface area (Å²) in [4.78, 5) is 0. The molecule has 0 nitrogen and oxygen atoms in total. The van der Waals surface area contributed by atoms with E-state index >= 15 is 0 Å². The smallest absolute Gasteiger partial charge is 0 e. The number of hydrogen-bond acceptors (Lipinski definition) is 0. The molecular weight excluding hydrogens is 985 g/mol. The molecule has 0 aliphatic carbocycles. The summed E-state index contributed by atoms with van der Waals surface area (Å²) in [7, 11) is 0. The van der Waals surface area contributed by atoms with Gasteiger partial charge in [-0.3, -0.25) is 0 Å². The first-order valence-electron chi connectivity index (χ1n) is 2.50. The van der Waals surface area contributed by atoms with Gasteiger partial charge in [0, 0.05) is 327 Å². The molecule has 0 rings (SSSR count). The summed E-state index contributed by atoms with van der Waals surface area (Å²) >= 11 is 0. The van der Waals surface area contributed by atoms with Gasteiger partial charge in [0.2, 0.25) is 0 Å². The van der Waals surface area contributed by atoms with E-state index in [1.54, 1.807) is 0 Å². The van der Waals surface area contributed by atoms with Crippen LogP contribution < -0.4 is 0 Å². The van der Waals surface area contributed by atoms with Gasteiger partial charge in [0.05, 0.1) is 0 Å². The summed E-state index contributed by atoms with van der Waals surface area (Å²) in [5.41, 5.74) is 0. The van der Waals surface area contributed by atoms with Crippen LogP contribution in [0.1, 0.15) is 19.3 Å². The Morgan fingerprint density at radius 3 is 0.444 bits per heavy atom. The molecule has 0 aromatic rings. The fraction of sp³-hybridized carbons (Fsp3) is 0.375. The van der Waals surface area contributed by atoms with Crippen LogP contribution in [0.2, 0.25) is 0 Å². The van der Waals surface area contributed by atoms with Crippen molar-refractivity contribution in [3.05, 3.63) is 35.1 Å². The summed E-state index contributed by atoms with van der Waals surface area (Å²) in [6.07, 6.45) is 2.67. The van der Waals surface area contributed by atoms with Gasteiger partial charge in [0.15, 0.2) is 0 Å². The third-order valence-corrected chi connectivity index (χ3v) is 0.250. The molecule has 18 heavy (non-hydrogen) atoms. The quantitative estimate of drug-likeness (QED) is 0.356. The molecule has 0 spiro atoms. The zero-order valence-corrected chi connectivity index (χ0v) is 40.1. The second-order valence-corrected chi connectivity index (χ2v) is 1.06. The van der Waals surface area contributed by atoms with E-state index in [1.807, 2.05) is 0 Å². The maximum Gasteiger partial charge on any atom is 0 e. The zero-order valence-electron chi connectivity index (χ0n) is 11.7. The van der Waals surface area contributed by atoms with E-state index in [0.717, 1.165) is 19.3 Å². The summed E-state index contributed by atoms with van der Waals surface area (Å²) in [5, 5.41) is 0. The van der Waals surface area contributed by atoms with Crippen molar-refractivity contribution < 1.29 is 327 Å². The largest absolute Gasteiger partial charge is 0.372 e. The molecule has 0 aliphatic rings. The van der Waals surface area contributed by atoms with Gasteiger partial charge >= 0.3 is 0 Å². The normalized spacial score (nSPS) is 2.67. The van der Waals surface area contributed by atoms with Gasteiger partial charge in [-0.25, -0.2) is 12.8 Å². The monoisotopic (exact) mass is 1000 g/mol. The predicted molar refractivity (Wildman–Crippen MR) is 41.7 cm³/mol. The average molecular weight is 1000 g/mol. The SMILES string of the molecule is [CH2-]CC[CH2-].[CH2-]C[CH2-].[CH3-].[Y].[Y].[Y].[Y].[Y].[Y].[Y].[Y].[Y].[Y]. The van der Waals surface area contributed by atoms with Crippen molar-refractivity contribution in [2.75, 3.05) is 0 Å². The minimum Gasteiger partial charge on any atom is -0.372 e. The molecule has 0 unspecified atom stereocenters. The van der Waals surface area contributed by atoms with Crippen molar-refractivity contribution >= 4 is 0 Å². The number of unbranched alkanes of at least 4 members (excludes halogenated alkanes) is 1. The van der Waals surface area contributed by atoms with Gasteiger partial charge in [-0.15, -0.1) is 0 Å². The summed E-state index contributed by atoms with van der Waals surface area (Å²) in [6, 6.07) is 0. The Kier molecular flexibility index (Phi) is 513. The molecule has 0 bridgehead atoms. The minimum atomic E-state index is 0. The van der Waals surface area contributed by atoms with Gasteiger partial charge < -0.3 is 41.5 Å². The van der Waals surface area contributed by atoms with E-state index in [9.17, 15) is 0 Å². The Morgan fingerprint density at radius 2 is 0.444 bits per heavy atom. The van der Waals surface area contributed by atoms with E-state index in [-0.39, 0.29) is 335 Å². The molecule has 0 saturated heterocycles. The topological polar surface area (TPSA) is 0 Å². The van der Waals surface area contributed by atoms with E-state index in [1.165, 1.54) is 0 Å². The Bertz CT molecular complexity index is 25.3. The molecule has 0 aromatic carbocycles. The third kappa shape index (κ3) is 126. The van der Waals surface area contributed by atoms with Crippen molar-refractivity contribution in [3.8, 4) is 0 Å². The van der Waals surface area contributed by atoms with Crippen LogP contribution in [0, 0.1) is 35.1 Å². The van der Waals surface area contributed by atoms with Crippen molar-refractivity contribution in [2.45, 2.75) is 19.3 Å². The van der Waals surface area contributed by atoms with E-state index < -0.39 is 0 Å². The molecule has 0 heterocycles. The van der Waals surface area contributed by atoms with Crippen LogP contribution >= 0.6 is 0 Å². The Balaban J connectivity index is -0.00000000158. The van der Waals surface area contributed by atoms with Gasteiger partial charge in [0.25, 0.3) is 0 Å². The third-order valence-electron chi connectivity index (χ3n) is 0.250. The Hall–Kier alpha value is 11.0. The molecule has 0 atom stereocenters. The molecule has 10 radical (unpaired) electrons. The second kappa shape index (κ2) is 104. The van der Waals surface area contributed by atoms with Crippen molar-refractivity contribution in [3.63, 3.8) is 0 Å². The fourth-order valence-corrected chi connectivity index (χ4v) is 0. The van der Waals surface area contributed by atoms with Crippen LogP contribution in [0.3, 0.4) is 0 Å². The van der Waals surface area contributed by atoms with E-state index in [4.69, 9.17) is 0 Å². The average Bonchev–Trinajstić information content (AvgIpc) is 1.69. The van der Waals surface area contributed by atoms with Crippen molar-refractivity contribution in [2.24, 2.45) is 0 Å². The molecule has 0 N–H and O–H groups in total. The van der Waals surface area contributed by atoms with Gasteiger partial charge in [-0.05, 0) is 0 Å². The first-order chi connectivity index (χ1) is 3.33. The van der Waals surface area contributed by atoms with Crippen LogP contribution in [0.4, 0.5) is 0 Å². The van der Waals surface area contributed by atoms with Crippen molar-refractivity contribution in [1.29, 1.82) is 0 Å².